The number of aryl methyl sites for hydroxylation is 1. The van der Waals surface area contributed by atoms with Crippen LogP contribution in [-0.4, -0.2) is 66.3 Å². The summed E-state index contributed by atoms with van der Waals surface area (Å²) in [5.74, 6) is 0.699. The fourth-order valence-corrected chi connectivity index (χ4v) is 2.85. The van der Waals surface area contributed by atoms with Gasteiger partial charge in [-0.3, -0.25) is 9.89 Å². The molecule has 1 saturated heterocycles. The zero-order chi connectivity index (χ0) is 17.0. The van der Waals surface area contributed by atoms with Crippen molar-refractivity contribution in [2.24, 2.45) is 12.0 Å². The Bertz CT molecular complexity index is 543. The van der Waals surface area contributed by atoms with Crippen molar-refractivity contribution in [1.82, 2.24) is 19.7 Å². The summed E-state index contributed by atoms with van der Waals surface area (Å²) in [4.78, 5) is 7.65. The molecule has 0 aromatic carbocycles. The lowest BCUT2D eigenvalue weighted by molar-refractivity contribution is -0.143. The van der Waals surface area contributed by atoms with Gasteiger partial charge < -0.3 is 14.8 Å². The van der Waals surface area contributed by atoms with Crippen LogP contribution in [0.1, 0.15) is 12.1 Å². The van der Waals surface area contributed by atoms with E-state index in [1.165, 1.54) is 4.90 Å². The van der Waals surface area contributed by atoms with Crippen LogP contribution >= 0.6 is 24.0 Å². The van der Waals surface area contributed by atoms with Crippen LogP contribution in [0.25, 0.3) is 0 Å². The van der Waals surface area contributed by atoms with Crippen LogP contribution in [0.15, 0.2) is 23.3 Å². The molecule has 0 saturated carbocycles. The molecule has 0 aliphatic carbocycles. The van der Waals surface area contributed by atoms with Crippen LogP contribution in [0.3, 0.4) is 0 Å². The molecule has 1 aliphatic heterocycles. The van der Waals surface area contributed by atoms with Gasteiger partial charge in [-0.05, 0) is 18.6 Å². The van der Waals surface area contributed by atoms with Crippen LogP contribution in [0.2, 0.25) is 0 Å². The first-order valence-corrected chi connectivity index (χ1v) is 7.62. The largest absolute Gasteiger partial charge is 0.401 e. The van der Waals surface area contributed by atoms with Crippen LogP contribution in [0.4, 0.5) is 13.2 Å². The molecule has 1 aromatic heterocycles. The summed E-state index contributed by atoms with van der Waals surface area (Å²) < 4.78 is 39.4. The number of nitrogens with one attached hydrogen (secondary N) is 1. The number of nitrogens with zero attached hydrogens (tertiary/aromatic N) is 4. The molecule has 0 spiro atoms. The Kier molecular flexibility index (Phi) is 7.84. The average Bonchev–Trinajstić information content (AvgIpc) is 3.04. The summed E-state index contributed by atoms with van der Waals surface area (Å²) in [5.41, 5.74) is 1.14. The molecule has 1 unspecified atom stereocenters. The van der Waals surface area contributed by atoms with Crippen molar-refractivity contribution in [1.29, 1.82) is 0 Å². The molecule has 24 heavy (non-hydrogen) atoms. The third-order valence-electron chi connectivity index (χ3n) is 4.03. The molecule has 0 amide bonds. The van der Waals surface area contributed by atoms with E-state index in [1.54, 1.807) is 7.05 Å². The van der Waals surface area contributed by atoms with Gasteiger partial charge in [0, 0.05) is 52.2 Å². The second kappa shape index (κ2) is 8.93. The van der Waals surface area contributed by atoms with Gasteiger partial charge in [-0.2, -0.15) is 13.2 Å². The zero-order valence-corrected chi connectivity index (χ0v) is 16.5. The molecule has 0 radical (unpaired) electrons. The predicted octanol–water partition coefficient (Wildman–Crippen LogP) is 2.29. The fraction of sp³-hybridized carbons (Fsp3) is 0.667. The summed E-state index contributed by atoms with van der Waals surface area (Å²) in [7, 11) is 5.59. The number of guanidine groups is 1. The SMILES string of the molecule is CN=C(NC1CCN(CC(F)(F)F)C1)N(C)Cc1cccn1C.I. The third-order valence-corrected chi connectivity index (χ3v) is 4.03. The molecule has 2 rings (SSSR count). The number of aliphatic imine (C=N–C) groups is 1. The molecular formula is C15H25F3IN5. The first kappa shape index (κ1) is 21.1. The van der Waals surface area contributed by atoms with Crippen LogP contribution < -0.4 is 5.32 Å². The van der Waals surface area contributed by atoms with Gasteiger partial charge in [0.05, 0.1) is 13.1 Å². The van der Waals surface area contributed by atoms with E-state index >= 15 is 0 Å². The zero-order valence-electron chi connectivity index (χ0n) is 14.2. The van der Waals surface area contributed by atoms with Gasteiger partial charge in [0.15, 0.2) is 5.96 Å². The topological polar surface area (TPSA) is 35.8 Å². The monoisotopic (exact) mass is 459 g/mol. The van der Waals surface area contributed by atoms with Gasteiger partial charge in [0.25, 0.3) is 0 Å². The highest BCUT2D eigenvalue weighted by molar-refractivity contribution is 14.0. The Balaban J connectivity index is 0.00000288. The molecule has 1 aliphatic rings. The standard InChI is InChI=1S/C15H24F3N5.HI/c1-19-14(22(3)10-13-5-4-7-21(13)2)20-12-6-8-23(9-12)11-15(16,17)18;/h4-5,7,12H,6,8-11H2,1-3H3,(H,19,20);1H. The van der Waals surface area contributed by atoms with Crippen molar-refractivity contribution in [3.8, 4) is 0 Å². The Hall–Kier alpha value is -0.970. The van der Waals surface area contributed by atoms with E-state index in [-0.39, 0.29) is 30.0 Å². The predicted molar refractivity (Wildman–Crippen MR) is 99.7 cm³/mol. The Morgan fingerprint density at radius 3 is 2.71 bits per heavy atom. The first-order chi connectivity index (χ1) is 10.8. The van der Waals surface area contributed by atoms with Crippen molar-refractivity contribution in [3.63, 3.8) is 0 Å². The van der Waals surface area contributed by atoms with Crippen molar-refractivity contribution in [2.45, 2.75) is 25.2 Å². The van der Waals surface area contributed by atoms with E-state index < -0.39 is 12.7 Å². The van der Waals surface area contributed by atoms with E-state index in [0.717, 1.165) is 5.69 Å². The minimum absolute atomic E-state index is 0. The lowest BCUT2D eigenvalue weighted by atomic mass is 10.3. The maximum atomic E-state index is 12.4. The van der Waals surface area contributed by atoms with E-state index in [9.17, 15) is 13.2 Å². The number of hydrogen-bond donors (Lipinski definition) is 1. The maximum absolute atomic E-state index is 12.4. The lowest BCUT2D eigenvalue weighted by Crippen LogP contribution is -2.45. The van der Waals surface area contributed by atoms with Crippen LogP contribution in [-0.2, 0) is 13.6 Å². The van der Waals surface area contributed by atoms with E-state index in [2.05, 4.69) is 10.3 Å². The molecule has 2 heterocycles. The fourth-order valence-electron chi connectivity index (χ4n) is 2.85. The van der Waals surface area contributed by atoms with Gasteiger partial charge in [0.1, 0.15) is 0 Å². The number of rotatable bonds is 4. The highest BCUT2D eigenvalue weighted by Crippen LogP contribution is 2.20. The van der Waals surface area contributed by atoms with Crippen molar-refractivity contribution < 1.29 is 13.2 Å². The normalized spacial score (nSPS) is 19.2. The Morgan fingerprint density at radius 2 is 2.17 bits per heavy atom. The highest BCUT2D eigenvalue weighted by Gasteiger charge is 2.34. The minimum Gasteiger partial charge on any atom is -0.353 e. The van der Waals surface area contributed by atoms with Crippen LogP contribution in [0.5, 0.6) is 0 Å². The summed E-state index contributed by atoms with van der Waals surface area (Å²) >= 11 is 0. The third kappa shape index (κ3) is 6.15. The Labute approximate surface area is 157 Å². The molecule has 0 bridgehead atoms. The molecule has 5 nitrogen and oxygen atoms in total. The second-order valence-corrected chi connectivity index (χ2v) is 5.99. The van der Waals surface area contributed by atoms with E-state index in [4.69, 9.17) is 0 Å². The average molecular weight is 459 g/mol. The molecular weight excluding hydrogens is 434 g/mol. The summed E-state index contributed by atoms with van der Waals surface area (Å²) in [6, 6.07) is 4.00. The number of hydrogen-bond acceptors (Lipinski definition) is 2. The summed E-state index contributed by atoms with van der Waals surface area (Å²) in [6.45, 7) is 0.678. The van der Waals surface area contributed by atoms with Gasteiger partial charge in [-0.1, -0.05) is 0 Å². The smallest absolute Gasteiger partial charge is 0.353 e. The number of alkyl halides is 3. The number of aromatic nitrogens is 1. The van der Waals surface area contributed by atoms with Gasteiger partial charge in [-0.15, -0.1) is 24.0 Å². The maximum Gasteiger partial charge on any atom is 0.401 e. The molecule has 1 fully saturated rings. The number of halogens is 4. The lowest BCUT2D eigenvalue weighted by Gasteiger charge is -2.25. The van der Waals surface area contributed by atoms with E-state index in [0.29, 0.717) is 32.0 Å². The van der Waals surface area contributed by atoms with Crippen LogP contribution in [0, 0.1) is 0 Å². The highest BCUT2D eigenvalue weighted by atomic mass is 127. The number of likely N-dealkylation sites (tertiary alicyclic amines) is 1. The van der Waals surface area contributed by atoms with Crippen molar-refractivity contribution in [2.75, 3.05) is 33.7 Å². The molecule has 9 heteroatoms. The molecule has 1 N–H and O–H groups in total. The van der Waals surface area contributed by atoms with E-state index in [1.807, 2.05) is 41.9 Å². The summed E-state index contributed by atoms with van der Waals surface area (Å²) in [5, 5.41) is 3.27. The van der Waals surface area contributed by atoms with Gasteiger partial charge in [0.2, 0.25) is 0 Å². The van der Waals surface area contributed by atoms with Gasteiger partial charge in [-0.25, -0.2) is 0 Å². The molecule has 1 aromatic rings. The van der Waals surface area contributed by atoms with Crippen molar-refractivity contribution >= 4 is 29.9 Å². The first-order valence-electron chi connectivity index (χ1n) is 7.62. The quantitative estimate of drug-likeness (QED) is 0.427. The molecule has 1 atom stereocenters. The minimum atomic E-state index is -4.14. The van der Waals surface area contributed by atoms with Crippen molar-refractivity contribution in [3.05, 3.63) is 24.0 Å². The van der Waals surface area contributed by atoms with Gasteiger partial charge >= 0.3 is 6.18 Å². The Morgan fingerprint density at radius 1 is 1.46 bits per heavy atom. The second-order valence-electron chi connectivity index (χ2n) is 5.99. The summed E-state index contributed by atoms with van der Waals surface area (Å²) in [6.07, 6.45) is -1.47. The molecule has 138 valence electrons.